The topological polar surface area (TPSA) is 58.2 Å². The molecule has 0 atom stereocenters. The molecule has 0 heterocycles. The van der Waals surface area contributed by atoms with Crippen LogP contribution < -0.4 is 10.6 Å². The summed E-state index contributed by atoms with van der Waals surface area (Å²) < 4.78 is 0. The Balaban J connectivity index is 3.38. The largest absolute Gasteiger partial charge is 0.356 e. The summed E-state index contributed by atoms with van der Waals surface area (Å²) in [4.78, 5) is 24.1. The van der Waals surface area contributed by atoms with Crippen molar-refractivity contribution in [1.82, 2.24) is 10.6 Å². The van der Waals surface area contributed by atoms with Gasteiger partial charge in [0.05, 0.1) is 0 Å². The molecule has 0 aromatic rings. The summed E-state index contributed by atoms with van der Waals surface area (Å²) in [7, 11) is 0. The van der Waals surface area contributed by atoms with E-state index < -0.39 is 0 Å². The highest BCUT2D eigenvalue weighted by Gasteiger charge is 2.01. The van der Waals surface area contributed by atoms with E-state index in [2.05, 4.69) is 48.2 Å². The van der Waals surface area contributed by atoms with Gasteiger partial charge in [0, 0.05) is 38.8 Å². The Morgan fingerprint density at radius 3 is 0.808 bits per heavy atom. The van der Waals surface area contributed by atoms with Crippen molar-refractivity contribution in [1.29, 1.82) is 0 Å². The molecule has 0 fully saturated rings. The van der Waals surface area contributed by atoms with Crippen molar-refractivity contribution >= 4 is 11.8 Å². The molecule has 0 unspecified atom stereocenters. The van der Waals surface area contributed by atoms with Crippen molar-refractivity contribution in [2.24, 2.45) is 0 Å². The zero-order chi connectivity index (χ0) is 37.7. The average molecular weight is 725 g/mol. The van der Waals surface area contributed by atoms with E-state index >= 15 is 0 Å². The lowest BCUT2D eigenvalue weighted by atomic mass is 10.0. The molecule has 4 nitrogen and oxygen atoms in total. The molecule has 0 saturated heterocycles. The quantitative estimate of drug-likeness (QED) is 0.0488. The molecule has 302 valence electrons. The molecular formula is C48H88N2O2. The number of carbonyl (C=O) groups excluding carboxylic acids is 2. The highest BCUT2D eigenvalue weighted by Crippen LogP contribution is 2.15. The van der Waals surface area contributed by atoms with Gasteiger partial charge in [0.25, 0.3) is 0 Å². The Hall–Kier alpha value is -1.94. The number of hydrogen-bond acceptors (Lipinski definition) is 2. The summed E-state index contributed by atoms with van der Waals surface area (Å²) >= 11 is 0. The number of carbonyl (C=O) groups is 2. The van der Waals surface area contributed by atoms with Gasteiger partial charge in [-0.1, -0.05) is 218 Å². The van der Waals surface area contributed by atoms with Crippen LogP contribution >= 0.6 is 0 Å². The van der Waals surface area contributed by atoms with Gasteiger partial charge < -0.3 is 10.6 Å². The van der Waals surface area contributed by atoms with Crippen LogP contribution in [0.1, 0.15) is 258 Å². The third-order valence-electron chi connectivity index (χ3n) is 10.4. The highest BCUT2D eigenvalue weighted by atomic mass is 16.2. The molecule has 0 aliphatic heterocycles. The number of amides is 2. The van der Waals surface area contributed by atoms with Gasteiger partial charge >= 0.3 is 0 Å². The summed E-state index contributed by atoms with van der Waals surface area (Å²) in [5, 5.41) is 6.12. The molecule has 0 aliphatic carbocycles. The second-order valence-electron chi connectivity index (χ2n) is 15.6. The van der Waals surface area contributed by atoms with Crippen LogP contribution in [-0.2, 0) is 9.59 Å². The second-order valence-corrected chi connectivity index (χ2v) is 15.6. The third-order valence-corrected chi connectivity index (χ3v) is 10.4. The minimum absolute atomic E-state index is 0.141. The fourth-order valence-electron chi connectivity index (χ4n) is 6.87. The SMILES string of the molecule is CCCCCCCCCCCCCCCCCCNC(=O)CCCC#CC#CCCCC(=O)NCCCCCCCCCCCCCCCCCC. The summed E-state index contributed by atoms with van der Waals surface area (Å²) in [5.74, 6) is 12.2. The van der Waals surface area contributed by atoms with Crippen molar-refractivity contribution in [3.8, 4) is 23.7 Å². The lowest BCUT2D eigenvalue weighted by Crippen LogP contribution is -2.23. The van der Waals surface area contributed by atoms with Crippen molar-refractivity contribution in [3.63, 3.8) is 0 Å². The summed E-state index contributed by atoms with van der Waals surface area (Å²) in [5.41, 5.74) is 0. The Morgan fingerprint density at radius 1 is 0.327 bits per heavy atom. The van der Waals surface area contributed by atoms with E-state index in [9.17, 15) is 9.59 Å². The molecule has 0 aromatic carbocycles. The Kier molecular flexibility index (Phi) is 43.5. The monoisotopic (exact) mass is 725 g/mol. The first-order valence-corrected chi connectivity index (χ1v) is 23.2. The maximum atomic E-state index is 12.1. The van der Waals surface area contributed by atoms with E-state index in [0.29, 0.717) is 25.7 Å². The van der Waals surface area contributed by atoms with Gasteiger partial charge in [-0.15, -0.1) is 0 Å². The van der Waals surface area contributed by atoms with Gasteiger partial charge in [-0.25, -0.2) is 0 Å². The normalized spacial score (nSPS) is 10.7. The molecule has 0 aromatic heterocycles. The van der Waals surface area contributed by atoms with Gasteiger partial charge in [-0.2, -0.15) is 0 Å². The molecule has 0 aliphatic rings. The zero-order valence-electron chi connectivity index (χ0n) is 35.1. The second kappa shape index (κ2) is 45.2. The van der Waals surface area contributed by atoms with Crippen LogP contribution in [0.4, 0.5) is 0 Å². The zero-order valence-corrected chi connectivity index (χ0v) is 35.1. The number of unbranched alkanes of at least 4 members (excludes halogenated alkanes) is 32. The molecule has 0 rings (SSSR count). The van der Waals surface area contributed by atoms with E-state index in [0.717, 1.165) is 38.8 Å². The number of rotatable bonds is 40. The van der Waals surface area contributed by atoms with Crippen molar-refractivity contribution < 1.29 is 9.59 Å². The predicted molar refractivity (Wildman–Crippen MR) is 228 cm³/mol. The van der Waals surface area contributed by atoms with Gasteiger partial charge in [-0.3, -0.25) is 9.59 Å². The van der Waals surface area contributed by atoms with Crippen LogP contribution in [0.3, 0.4) is 0 Å². The minimum Gasteiger partial charge on any atom is -0.356 e. The fourth-order valence-corrected chi connectivity index (χ4v) is 6.87. The minimum atomic E-state index is 0.141. The number of hydrogen-bond donors (Lipinski definition) is 2. The van der Waals surface area contributed by atoms with Gasteiger partial charge in [-0.05, 0) is 37.5 Å². The highest BCUT2D eigenvalue weighted by molar-refractivity contribution is 5.76. The third kappa shape index (κ3) is 44.2. The van der Waals surface area contributed by atoms with E-state index in [1.54, 1.807) is 0 Å². The van der Waals surface area contributed by atoms with Gasteiger partial charge in [0.15, 0.2) is 0 Å². The summed E-state index contributed by atoms with van der Waals surface area (Å²) in [6.07, 6.45) is 47.7. The van der Waals surface area contributed by atoms with Gasteiger partial charge in [0.2, 0.25) is 11.8 Å². The standard InChI is InChI=1S/C48H88N2O2/c1-3-5-7-9-11-13-15-17-19-21-23-25-29-33-37-41-45-49-47(51)43-39-35-31-27-28-32-36-40-44-48(52)50-46-42-38-34-30-26-24-22-20-18-16-14-12-10-8-6-4-2/h3-26,29-30,33-46H2,1-2H3,(H,49,51)(H,50,52). The Bertz CT molecular complexity index is 804. The predicted octanol–water partition coefficient (Wildman–Crippen LogP) is 14.1. The first-order valence-electron chi connectivity index (χ1n) is 23.2. The van der Waals surface area contributed by atoms with E-state index in [-0.39, 0.29) is 11.8 Å². The molecule has 0 radical (unpaired) electrons. The van der Waals surface area contributed by atoms with Crippen LogP contribution in [0.5, 0.6) is 0 Å². The Labute approximate surface area is 325 Å². The van der Waals surface area contributed by atoms with Crippen LogP contribution in [0.25, 0.3) is 0 Å². The molecule has 0 bridgehead atoms. The molecule has 52 heavy (non-hydrogen) atoms. The Morgan fingerprint density at radius 2 is 0.558 bits per heavy atom. The maximum absolute atomic E-state index is 12.1. The first kappa shape index (κ1) is 50.1. The van der Waals surface area contributed by atoms with Crippen LogP contribution in [0.2, 0.25) is 0 Å². The van der Waals surface area contributed by atoms with Crippen LogP contribution in [0.15, 0.2) is 0 Å². The van der Waals surface area contributed by atoms with Crippen molar-refractivity contribution in [2.75, 3.05) is 13.1 Å². The average Bonchev–Trinajstić information content (AvgIpc) is 3.14. The molecule has 4 heteroatoms. The molecule has 2 N–H and O–H groups in total. The van der Waals surface area contributed by atoms with E-state index in [1.165, 1.54) is 193 Å². The van der Waals surface area contributed by atoms with Crippen molar-refractivity contribution in [3.05, 3.63) is 0 Å². The lowest BCUT2D eigenvalue weighted by Gasteiger charge is -2.05. The first-order chi connectivity index (χ1) is 25.7. The van der Waals surface area contributed by atoms with Crippen LogP contribution in [-0.4, -0.2) is 24.9 Å². The molecular weight excluding hydrogens is 637 g/mol. The fraction of sp³-hybridized carbons (Fsp3) is 0.875. The number of nitrogens with one attached hydrogen (secondary N) is 2. The van der Waals surface area contributed by atoms with E-state index in [1.807, 2.05) is 0 Å². The maximum Gasteiger partial charge on any atom is 0.220 e. The van der Waals surface area contributed by atoms with Gasteiger partial charge in [0.1, 0.15) is 0 Å². The van der Waals surface area contributed by atoms with Crippen molar-refractivity contribution in [2.45, 2.75) is 258 Å². The summed E-state index contributed by atoms with van der Waals surface area (Å²) in [6, 6.07) is 0. The molecule has 0 saturated carbocycles. The van der Waals surface area contributed by atoms with E-state index in [4.69, 9.17) is 0 Å². The smallest absolute Gasteiger partial charge is 0.220 e. The molecule has 2 amide bonds. The lowest BCUT2D eigenvalue weighted by molar-refractivity contribution is -0.122. The van der Waals surface area contributed by atoms with Crippen LogP contribution in [0, 0.1) is 23.7 Å². The summed E-state index contributed by atoms with van der Waals surface area (Å²) in [6.45, 7) is 6.17. The molecule has 0 spiro atoms.